The second kappa shape index (κ2) is 7.90. The van der Waals surface area contributed by atoms with Crippen LogP contribution in [0.25, 0.3) is 0 Å². The van der Waals surface area contributed by atoms with Gasteiger partial charge in [0.25, 0.3) is 5.91 Å². The van der Waals surface area contributed by atoms with Crippen molar-refractivity contribution in [1.29, 1.82) is 0 Å². The molecule has 0 unspecified atom stereocenters. The minimum Gasteiger partial charge on any atom is -0.335 e. The van der Waals surface area contributed by atoms with Gasteiger partial charge in [-0.3, -0.25) is 4.79 Å². The summed E-state index contributed by atoms with van der Waals surface area (Å²) in [7, 11) is -3.36. The Morgan fingerprint density at radius 2 is 1.77 bits per heavy atom. The molecule has 1 aliphatic rings. The Kier molecular flexibility index (Phi) is 5.79. The van der Waals surface area contributed by atoms with Crippen LogP contribution in [0.2, 0.25) is 0 Å². The number of carbonyl (C=O) groups is 1. The summed E-state index contributed by atoms with van der Waals surface area (Å²) < 4.78 is 26.7. The molecule has 2 heterocycles. The van der Waals surface area contributed by atoms with E-state index in [4.69, 9.17) is 0 Å². The molecule has 0 aliphatic carbocycles. The normalized spacial score (nSPS) is 16.0. The molecule has 1 amide bonds. The maximum absolute atomic E-state index is 12.7. The first-order valence-electron chi connectivity index (χ1n) is 8.81. The number of thiophene rings is 1. The van der Waals surface area contributed by atoms with Gasteiger partial charge in [0.15, 0.2) is 0 Å². The van der Waals surface area contributed by atoms with Crippen molar-refractivity contribution in [2.75, 3.05) is 26.2 Å². The third kappa shape index (κ3) is 4.16. The van der Waals surface area contributed by atoms with E-state index in [9.17, 15) is 13.2 Å². The fourth-order valence-electron chi connectivity index (χ4n) is 3.18. The summed E-state index contributed by atoms with van der Waals surface area (Å²) >= 11 is 1.53. The first-order chi connectivity index (χ1) is 12.4. The van der Waals surface area contributed by atoms with E-state index in [-0.39, 0.29) is 11.7 Å². The molecule has 0 radical (unpaired) electrons. The number of amides is 1. The second-order valence-electron chi connectivity index (χ2n) is 6.48. The zero-order valence-electron chi connectivity index (χ0n) is 15.1. The summed E-state index contributed by atoms with van der Waals surface area (Å²) in [6, 6.07) is 11.2. The van der Waals surface area contributed by atoms with E-state index in [0.717, 1.165) is 16.9 Å². The van der Waals surface area contributed by atoms with Crippen molar-refractivity contribution in [2.45, 2.75) is 26.0 Å². The standard InChI is InChI=1S/C19H24N2O3S2/c1-3-17-13-18(25-15(17)2)19(22)20-9-11-21(12-10-20)26(23,24)14-16-7-5-4-6-8-16/h4-8,13H,3,9-12,14H2,1-2H3. The molecule has 1 aliphatic heterocycles. The van der Waals surface area contributed by atoms with E-state index < -0.39 is 10.0 Å². The van der Waals surface area contributed by atoms with Gasteiger partial charge < -0.3 is 4.90 Å². The first kappa shape index (κ1) is 19.1. The number of hydrogen-bond donors (Lipinski definition) is 0. The van der Waals surface area contributed by atoms with E-state index in [1.807, 2.05) is 43.3 Å². The number of benzene rings is 1. The highest BCUT2D eigenvalue weighted by atomic mass is 32.2. The van der Waals surface area contributed by atoms with Crippen LogP contribution in [0.4, 0.5) is 0 Å². The zero-order valence-corrected chi connectivity index (χ0v) is 16.8. The van der Waals surface area contributed by atoms with Gasteiger partial charge in [0.2, 0.25) is 10.0 Å². The molecule has 5 nitrogen and oxygen atoms in total. The molecule has 0 bridgehead atoms. The van der Waals surface area contributed by atoms with Crippen LogP contribution in [0.3, 0.4) is 0 Å². The SMILES string of the molecule is CCc1cc(C(=O)N2CCN(S(=O)(=O)Cc3ccccc3)CC2)sc1C. The number of sulfonamides is 1. The summed E-state index contributed by atoms with van der Waals surface area (Å²) in [5, 5.41) is 0. The van der Waals surface area contributed by atoms with Crippen LogP contribution in [0, 0.1) is 6.92 Å². The Morgan fingerprint density at radius 1 is 1.12 bits per heavy atom. The molecular weight excluding hydrogens is 368 g/mol. The second-order valence-corrected chi connectivity index (χ2v) is 9.70. The molecule has 0 saturated carbocycles. The molecule has 0 spiro atoms. The van der Waals surface area contributed by atoms with Gasteiger partial charge >= 0.3 is 0 Å². The number of piperazine rings is 1. The summed E-state index contributed by atoms with van der Waals surface area (Å²) in [5.41, 5.74) is 1.99. The van der Waals surface area contributed by atoms with E-state index in [1.165, 1.54) is 26.1 Å². The van der Waals surface area contributed by atoms with Crippen molar-refractivity contribution in [2.24, 2.45) is 0 Å². The van der Waals surface area contributed by atoms with Gasteiger partial charge in [0.05, 0.1) is 10.6 Å². The average molecular weight is 393 g/mol. The van der Waals surface area contributed by atoms with Crippen LogP contribution < -0.4 is 0 Å². The largest absolute Gasteiger partial charge is 0.335 e. The van der Waals surface area contributed by atoms with Crippen molar-refractivity contribution >= 4 is 27.3 Å². The molecule has 140 valence electrons. The monoisotopic (exact) mass is 392 g/mol. The minimum atomic E-state index is -3.36. The lowest BCUT2D eigenvalue weighted by molar-refractivity contribution is 0.0702. The van der Waals surface area contributed by atoms with Crippen LogP contribution >= 0.6 is 11.3 Å². The lowest BCUT2D eigenvalue weighted by Crippen LogP contribution is -2.50. The van der Waals surface area contributed by atoms with Crippen LogP contribution in [0.1, 0.15) is 32.6 Å². The molecule has 0 atom stereocenters. The van der Waals surface area contributed by atoms with Gasteiger partial charge in [-0.25, -0.2) is 8.42 Å². The smallest absolute Gasteiger partial charge is 0.264 e. The first-order valence-corrected chi connectivity index (χ1v) is 11.2. The maximum Gasteiger partial charge on any atom is 0.264 e. The minimum absolute atomic E-state index is 0.00572. The Labute approximate surface area is 159 Å². The van der Waals surface area contributed by atoms with Gasteiger partial charge in [-0.1, -0.05) is 37.3 Å². The third-order valence-corrected chi connectivity index (χ3v) is 7.65. The van der Waals surface area contributed by atoms with E-state index >= 15 is 0 Å². The molecule has 1 saturated heterocycles. The number of aryl methyl sites for hydroxylation is 2. The summed E-state index contributed by atoms with van der Waals surface area (Å²) in [6.07, 6.45) is 0.918. The predicted molar refractivity (Wildman–Crippen MR) is 105 cm³/mol. The number of rotatable bonds is 5. The van der Waals surface area contributed by atoms with Crippen LogP contribution in [-0.4, -0.2) is 49.7 Å². The quantitative estimate of drug-likeness (QED) is 0.786. The third-order valence-electron chi connectivity index (χ3n) is 4.72. The average Bonchev–Trinajstić information content (AvgIpc) is 3.02. The Hall–Kier alpha value is -1.70. The summed E-state index contributed by atoms with van der Waals surface area (Å²) in [4.78, 5) is 16.4. The lowest BCUT2D eigenvalue weighted by atomic mass is 10.2. The van der Waals surface area contributed by atoms with Crippen LogP contribution in [0.15, 0.2) is 36.4 Å². The highest BCUT2D eigenvalue weighted by Gasteiger charge is 2.29. The van der Waals surface area contributed by atoms with Crippen molar-refractivity contribution in [1.82, 2.24) is 9.21 Å². The molecule has 3 rings (SSSR count). The number of nitrogens with zero attached hydrogens (tertiary/aromatic N) is 2. The number of carbonyl (C=O) groups excluding carboxylic acids is 1. The zero-order chi connectivity index (χ0) is 18.7. The van der Waals surface area contributed by atoms with Crippen molar-refractivity contribution in [3.05, 3.63) is 57.3 Å². The van der Waals surface area contributed by atoms with Gasteiger partial charge in [-0.15, -0.1) is 11.3 Å². The van der Waals surface area contributed by atoms with Crippen LogP contribution in [-0.2, 0) is 22.2 Å². The highest BCUT2D eigenvalue weighted by Crippen LogP contribution is 2.24. The van der Waals surface area contributed by atoms with E-state index in [2.05, 4.69) is 6.92 Å². The molecule has 26 heavy (non-hydrogen) atoms. The van der Waals surface area contributed by atoms with Gasteiger partial charge in [-0.05, 0) is 30.5 Å². The fourth-order valence-corrected chi connectivity index (χ4v) is 5.78. The molecular formula is C19H24N2O3S2. The molecule has 0 N–H and O–H groups in total. The molecule has 2 aromatic rings. The number of hydrogen-bond acceptors (Lipinski definition) is 4. The van der Waals surface area contributed by atoms with Crippen molar-refractivity contribution in [3.8, 4) is 0 Å². The highest BCUT2D eigenvalue weighted by molar-refractivity contribution is 7.88. The Bertz CT molecular complexity index is 867. The molecule has 1 aromatic heterocycles. The topological polar surface area (TPSA) is 57.7 Å². The van der Waals surface area contributed by atoms with E-state index in [0.29, 0.717) is 26.2 Å². The van der Waals surface area contributed by atoms with Crippen molar-refractivity contribution < 1.29 is 13.2 Å². The molecule has 1 aromatic carbocycles. The maximum atomic E-state index is 12.7. The summed E-state index contributed by atoms with van der Waals surface area (Å²) in [5.74, 6) is 0.0177. The lowest BCUT2D eigenvalue weighted by Gasteiger charge is -2.33. The predicted octanol–water partition coefficient (Wildman–Crippen LogP) is 2.91. The van der Waals surface area contributed by atoms with Gasteiger partial charge in [0, 0.05) is 31.1 Å². The fraction of sp³-hybridized carbons (Fsp3) is 0.421. The Morgan fingerprint density at radius 3 is 2.35 bits per heavy atom. The molecule has 1 fully saturated rings. The van der Waals surface area contributed by atoms with E-state index in [1.54, 1.807) is 4.90 Å². The van der Waals surface area contributed by atoms with Crippen molar-refractivity contribution in [3.63, 3.8) is 0 Å². The van der Waals surface area contributed by atoms with Gasteiger partial charge in [0.1, 0.15) is 0 Å². The Balaban J connectivity index is 1.62. The van der Waals surface area contributed by atoms with Gasteiger partial charge in [-0.2, -0.15) is 4.31 Å². The van der Waals surface area contributed by atoms with Crippen LogP contribution in [0.5, 0.6) is 0 Å². The summed E-state index contributed by atoms with van der Waals surface area (Å²) in [6.45, 7) is 5.70. The molecule has 7 heteroatoms.